The molecule has 2 aromatic rings. The number of benzene rings is 1. The Morgan fingerprint density at radius 2 is 1.61 bits per heavy atom. The highest BCUT2D eigenvalue weighted by Crippen LogP contribution is 2.88. The van der Waals surface area contributed by atoms with Crippen LogP contribution in [0, 0.1) is 33.0 Å². The van der Waals surface area contributed by atoms with Crippen LogP contribution in [-0.4, -0.2) is 109 Å². The van der Waals surface area contributed by atoms with E-state index in [4.69, 9.17) is 0 Å². The number of fused-ring (bicyclic) bond motifs is 2. The zero-order valence-electron chi connectivity index (χ0n) is 37.6. The number of alkyl halides is 1. The van der Waals surface area contributed by atoms with Crippen molar-refractivity contribution in [1.29, 1.82) is 0 Å². The van der Waals surface area contributed by atoms with Gasteiger partial charge in [-0.3, -0.25) is 28.9 Å². The number of nitrogens with zero attached hydrogens (tertiary/aromatic N) is 2. The average Bonchev–Trinajstić information content (AvgIpc) is 3.69. The maximum Gasteiger partial charge on any atom is 0.266 e. The molecule has 7 atom stereocenters. The summed E-state index contributed by atoms with van der Waals surface area (Å²) in [6.45, 7) is 19.6. The minimum absolute atomic E-state index is 0.0734. The number of rotatable bonds is 13. The van der Waals surface area contributed by atoms with Crippen LogP contribution in [0.25, 0.3) is 10.9 Å². The van der Waals surface area contributed by atoms with E-state index in [9.17, 15) is 32.0 Å². The molecule has 3 aliphatic carbocycles. The first-order valence-electron chi connectivity index (χ1n) is 22.2. The number of H-pyrrole nitrogens is 1. The van der Waals surface area contributed by atoms with Gasteiger partial charge in [-0.15, -0.1) is 6.58 Å². The first kappa shape index (κ1) is 45.7. The predicted octanol–water partition coefficient (Wildman–Crippen LogP) is 4.72. The summed E-state index contributed by atoms with van der Waals surface area (Å²) in [7, 11) is -4.39. The summed E-state index contributed by atoms with van der Waals surface area (Å²) in [5, 5.41) is 9.55. The predicted molar refractivity (Wildman–Crippen MR) is 233 cm³/mol. The van der Waals surface area contributed by atoms with Crippen molar-refractivity contribution < 1.29 is 36.8 Å². The van der Waals surface area contributed by atoms with E-state index in [1.54, 1.807) is 29.3 Å². The molecule has 16 heteroatoms. The van der Waals surface area contributed by atoms with Gasteiger partial charge in [-0.05, 0) is 78.9 Å². The number of likely N-dealkylation sites (tertiary alicyclic amines) is 2. The number of amides is 5. The molecule has 5 fully saturated rings. The van der Waals surface area contributed by atoms with Crippen molar-refractivity contribution in [3.8, 4) is 0 Å². The minimum atomic E-state index is -4.39. The Bertz CT molecular complexity index is 2260. The third-order valence-electron chi connectivity index (χ3n) is 15.6. The summed E-state index contributed by atoms with van der Waals surface area (Å²) < 4.78 is 43.1. The molecule has 1 aromatic carbocycles. The summed E-state index contributed by atoms with van der Waals surface area (Å²) in [4.78, 5) is 78.6. The van der Waals surface area contributed by atoms with E-state index in [1.807, 2.05) is 46.4 Å². The minimum Gasteiger partial charge on any atom is -0.360 e. The zero-order valence-corrected chi connectivity index (χ0v) is 38.4. The number of nitrogens with one attached hydrogen (secondary N) is 5. The van der Waals surface area contributed by atoms with Crippen molar-refractivity contribution in [2.45, 2.75) is 141 Å². The lowest BCUT2D eigenvalue weighted by molar-refractivity contribution is -0.145. The van der Waals surface area contributed by atoms with Crippen LogP contribution in [0.2, 0.25) is 0 Å². The lowest BCUT2D eigenvalue weighted by Gasteiger charge is -2.39. The van der Waals surface area contributed by atoms with Crippen molar-refractivity contribution >= 4 is 50.5 Å². The zero-order chi connectivity index (χ0) is 45.4. The highest BCUT2D eigenvalue weighted by molar-refractivity contribution is 7.90. The van der Waals surface area contributed by atoms with Gasteiger partial charge in [-0.1, -0.05) is 86.4 Å². The normalized spacial score (nSPS) is 28.7. The highest BCUT2D eigenvalue weighted by atomic mass is 32.2. The monoisotopic (exact) mass is 879 g/mol. The van der Waals surface area contributed by atoms with E-state index < -0.39 is 92.2 Å². The van der Waals surface area contributed by atoms with Gasteiger partial charge < -0.3 is 25.8 Å². The molecule has 14 nitrogen and oxygen atoms in total. The Hall–Kier alpha value is -4.31. The fourth-order valence-corrected chi connectivity index (χ4v) is 12.8. The van der Waals surface area contributed by atoms with Gasteiger partial charge in [0.25, 0.3) is 15.9 Å². The standard InChI is InChI=1S/C46H66FN7O7S/c1-10-29-25-46(29,40(59)52-62(60,61)32-17-13-15-28-18-22-48-33(28)32)51-37(56)31-26-45(43(8,9)44(45)19-14-20-44)27-54(31)39(58)35(42(5,6)7)50-38(57)34(41(2,3)4)49-36(55)30-16-11-12-23-53(30)24-21-47/h10,13,15,17-18,22,29-31,34-35,48H,1,11-12,14,16,19-21,23-27H2,2-9H3,(H,49,55)(H,50,57)(H,51,56)(H,52,59)/t29-,30+,31+,34-,35-,45-,46-/m1/s1. The summed E-state index contributed by atoms with van der Waals surface area (Å²) in [6, 6.07) is 2.67. The third-order valence-corrected chi connectivity index (χ3v) is 17.0. The van der Waals surface area contributed by atoms with Crippen molar-refractivity contribution in [3.05, 3.63) is 43.1 Å². The fourth-order valence-electron chi connectivity index (χ4n) is 11.6. The lowest BCUT2D eigenvalue weighted by Crippen LogP contribution is -2.64. The molecule has 5 N–H and O–H groups in total. The van der Waals surface area contributed by atoms with E-state index in [2.05, 4.69) is 46.1 Å². The van der Waals surface area contributed by atoms with Gasteiger partial charge in [0.1, 0.15) is 35.2 Å². The van der Waals surface area contributed by atoms with Gasteiger partial charge >= 0.3 is 0 Å². The molecule has 62 heavy (non-hydrogen) atoms. The Kier molecular flexibility index (Phi) is 11.6. The van der Waals surface area contributed by atoms with Crippen molar-refractivity contribution in [2.75, 3.05) is 26.3 Å². The van der Waals surface area contributed by atoms with Crippen molar-refractivity contribution in [2.24, 2.45) is 33.0 Å². The molecule has 0 bridgehead atoms. The average molecular weight is 880 g/mol. The molecule has 5 aliphatic rings. The first-order chi connectivity index (χ1) is 28.9. The van der Waals surface area contributed by atoms with E-state index >= 15 is 4.79 Å². The van der Waals surface area contributed by atoms with Gasteiger partial charge in [0.15, 0.2) is 0 Å². The van der Waals surface area contributed by atoms with Crippen LogP contribution in [0.15, 0.2) is 48.0 Å². The summed E-state index contributed by atoms with van der Waals surface area (Å²) in [6.07, 6.45) is 8.75. The Labute approximate surface area is 365 Å². The van der Waals surface area contributed by atoms with Crippen LogP contribution in [-0.2, 0) is 34.0 Å². The molecular formula is C46H66FN7O7S. The van der Waals surface area contributed by atoms with Crippen molar-refractivity contribution in [3.63, 3.8) is 0 Å². The molecule has 2 spiro atoms. The maximum atomic E-state index is 15.2. The number of hydrogen-bond donors (Lipinski definition) is 5. The van der Waals surface area contributed by atoms with E-state index in [0.717, 1.165) is 32.1 Å². The number of piperidine rings is 1. The van der Waals surface area contributed by atoms with Gasteiger partial charge in [-0.2, -0.15) is 0 Å². The molecule has 3 saturated carbocycles. The van der Waals surface area contributed by atoms with Gasteiger partial charge in [-0.25, -0.2) is 17.5 Å². The summed E-state index contributed by atoms with van der Waals surface area (Å²) in [5.74, 6) is -3.43. The van der Waals surface area contributed by atoms with E-state index in [0.29, 0.717) is 30.3 Å². The number of carbonyl (C=O) groups excluding carboxylic acids is 5. The number of para-hydroxylation sites is 1. The van der Waals surface area contributed by atoms with Gasteiger partial charge in [0.05, 0.1) is 11.6 Å². The lowest BCUT2D eigenvalue weighted by atomic mass is 9.73. The number of halogens is 1. The first-order valence-corrected chi connectivity index (χ1v) is 23.7. The summed E-state index contributed by atoms with van der Waals surface area (Å²) >= 11 is 0. The molecule has 7 rings (SSSR count). The quantitative estimate of drug-likeness (QED) is 0.179. The Morgan fingerprint density at radius 3 is 2.19 bits per heavy atom. The molecule has 0 unspecified atom stereocenters. The van der Waals surface area contributed by atoms with Crippen LogP contribution in [0.4, 0.5) is 4.39 Å². The third kappa shape index (κ3) is 7.43. The molecule has 340 valence electrons. The second-order valence-electron chi connectivity index (χ2n) is 21.3. The number of carbonyl (C=O) groups is 5. The largest absolute Gasteiger partial charge is 0.360 e. The maximum absolute atomic E-state index is 15.2. The molecule has 3 heterocycles. The van der Waals surface area contributed by atoms with Crippen LogP contribution < -0.4 is 20.7 Å². The molecule has 1 aromatic heterocycles. The SMILES string of the molecule is C=C[C@@H]1C[C@]1(NC(=O)[C@@H]1C[C@@]2(CN1C(=O)[C@@H](NC(=O)[C@@H](NC(=O)[C@@H]1CCCCN1CCF)C(C)(C)C)C(C)(C)C)C(C)(C)C21CCC1)C(=O)NS(=O)(=O)c1cccc2cc[nH]c12. The highest BCUT2D eigenvalue weighted by Gasteiger charge is 2.85. The topological polar surface area (TPSA) is 190 Å². The number of hydrogen-bond acceptors (Lipinski definition) is 8. The Morgan fingerprint density at radius 1 is 0.919 bits per heavy atom. The van der Waals surface area contributed by atoms with Crippen LogP contribution in [0.5, 0.6) is 0 Å². The van der Waals surface area contributed by atoms with Gasteiger partial charge in [0, 0.05) is 36.0 Å². The number of aromatic amines is 1. The number of aromatic nitrogens is 1. The van der Waals surface area contributed by atoms with Gasteiger partial charge in [0.2, 0.25) is 23.6 Å². The molecular weight excluding hydrogens is 814 g/mol. The number of sulfonamides is 1. The molecule has 5 amide bonds. The van der Waals surface area contributed by atoms with E-state index in [-0.39, 0.29) is 41.1 Å². The Balaban J connectivity index is 1.15. The molecule has 2 saturated heterocycles. The molecule has 0 radical (unpaired) electrons. The molecule has 2 aliphatic heterocycles. The second kappa shape index (κ2) is 15.7. The van der Waals surface area contributed by atoms with E-state index in [1.165, 1.54) is 12.1 Å². The summed E-state index contributed by atoms with van der Waals surface area (Å²) in [5.41, 5.74) is -3.59. The van der Waals surface area contributed by atoms with Crippen molar-refractivity contribution in [1.82, 2.24) is 35.5 Å². The smallest absolute Gasteiger partial charge is 0.266 e. The van der Waals surface area contributed by atoms with Crippen LogP contribution in [0.3, 0.4) is 0 Å². The fraction of sp³-hybridized carbons (Fsp3) is 0.674. The second-order valence-corrected chi connectivity index (χ2v) is 23.0. The van der Waals surface area contributed by atoms with Crippen LogP contribution >= 0.6 is 0 Å². The van der Waals surface area contributed by atoms with Crippen LogP contribution in [0.1, 0.15) is 107 Å².